The summed E-state index contributed by atoms with van der Waals surface area (Å²) in [5, 5.41) is 0. The highest BCUT2D eigenvalue weighted by atomic mass is 16.5. The number of esters is 1. The van der Waals surface area contributed by atoms with E-state index in [1.807, 2.05) is 6.92 Å². The van der Waals surface area contributed by atoms with E-state index >= 15 is 0 Å². The van der Waals surface area contributed by atoms with Crippen LogP contribution >= 0.6 is 0 Å². The SMILES string of the molecule is CCCC(C)(CN)CC(=O)OC. The molecule has 0 spiro atoms. The lowest BCUT2D eigenvalue weighted by Gasteiger charge is -2.25. The van der Waals surface area contributed by atoms with Crippen molar-refractivity contribution in [2.24, 2.45) is 11.1 Å². The van der Waals surface area contributed by atoms with Gasteiger partial charge in [-0.3, -0.25) is 4.79 Å². The van der Waals surface area contributed by atoms with Gasteiger partial charge in [0, 0.05) is 0 Å². The van der Waals surface area contributed by atoms with Gasteiger partial charge >= 0.3 is 5.97 Å². The van der Waals surface area contributed by atoms with Crippen LogP contribution in [0.15, 0.2) is 0 Å². The van der Waals surface area contributed by atoms with Gasteiger partial charge in [-0.25, -0.2) is 0 Å². The summed E-state index contributed by atoms with van der Waals surface area (Å²) in [5.41, 5.74) is 5.51. The molecule has 0 aliphatic carbocycles. The van der Waals surface area contributed by atoms with E-state index in [0.29, 0.717) is 13.0 Å². The molecule has 3 nitrogen and oxygen atoms in total. The molecule has 0 amide bonds. The number of hydrogen-bond donors (Lipinski definition) is 1. The fourth-order valence-corrected chi connectivity index (χ4v) is 1.29. The largest absolute Gasteiger partial charge is 0.469 e. The van der Waals surface area contributed by atoms with Crippen molar-refractivity contribution >= 4 is 5.97 Å². The first-order valence-electron chi connectivity index (χ1n) is 4.35. The van der Waals surface area contributed by atoms with Gasteiger partial charge in [0.1, 0.15) is 0 Å². The minimum atomic E-state index is -0.170. The predicted octanol–water partition coefficient (Wildman–Crippen LogP) is 1.31. The van der Waals surface area contributed by atoms with Crippen LogP contribution in [0.3, 0.4) is 0 Å². The summed E-state index contributed by atoms with van der Waals surface area (Å²) in [6.07, 6.45) is 2.44. The molecule has 0 aromatic heterocycles. The molecule has 0 bridgehead atoms. The molecule has 12 heavy (non-hydrogen) atoms. The highest BCUT2D eigenvalue weighted by Gasteiger charge is 2.25. The van der Waals surface area contributed by atoms with Crippen LogP contribution in [-0.2, 0) is 9.53 Å². The van der Waals surface area contributed by atoms with Crippen molar-refractivity contribution in [2.75, 3.05) is 13.7 Å². The Balaban J connectivity index is 4.03. The highest BCUT2D eigenvalue weighted by Crippen LogP contribution is 2.26. The summed E-state index contributed by atoms with van der Waals surface area (Å²) in [6.45, 7) is 4.65. The number of hydrogen-bond acceptors (Lipinski definition) is 3. The van der Waals surface area contributed by atoms with Gasteiger partial charge in [-0.05, 0) is 18.4 Å². The third kappa shape index (κ3) is 3.72. The van der Waals surface area contributed by atoms with Crippen LogP contribution in [0.25, 0.3) is 0 Å². The maximum atomic E-state index is 11.0. The van der Waals surface area contributed by atoms with E-state index in [1.165, 1.54) is 7.11 Å². The van der Waals surface area contributed by atoms with Gasteiger partial charge in [-0.15, -0.1) is 0 Å². The number of ether oxygens (including phenoxy) is 1. The van der Waals surface area contributed by atoms with Gasteiger partial charge < -0.3 is 10.5 Å². The van der Waals surface area contributed by atoms with Crippen LogP contribution in [-0.4, -0.2) is 19.6 Å². The molecule has 1 atom stereocenters. The first kappa shape index (κ1) is 11.4. The summed E-state index contributed by atoms with van der Waals surface area (Å²) in [7, 11) is 1.41. The zero-order valence-corrected chi connectivity index (χ0v) is 8.22. The molecule has 0 aromatic rings. The summed E-state index contributed by atoms with van der Waals surface area (Å²) in [6, 6.07) is 0. The van der Waals surface area contributed by atoms with E-state index in [9.17, 15) is 4.79 Å². The van der Waals surface area contributed by atoms with Gasteiger partial charge in [0.25, 0.3) is 0 Å². The van der Waals surface area contributed by atoms with Gasteiger partial charge in [0.2, 0.25) is 0 Å². The number of carbonyl (C=O) groups is 1. The Kier molecular flexibility index (Phi) is 4.90. The third-order valence-electron chi connectivity index (χ3n) is 2.15. The predicted molar refractivity (Wildman–Crippen MR) is 48.7 cm³/mol. The molecule has 0 heterocycles. The average molecular weight is 173 g/mol. The second kappa shape index (κ2) is 5.14. The molecular formula is C9H19NO2. The Hall–Kier alpha value is -0.570. The van der Waals surface area contributed by atoms with Crippen LogP contribution in [0.5, 0.6) is 0 Å². The standard InChI is InChI=1S/C9H19NO2/c1-4-5-9(2,7-10)6-8(11)12-3/h4-7,10H2,1-3H3. The van der Waals surface area contributed by atoms with Gasteiger partial charge in [0.05, 0.1) is 13.5 Å². The molecule has 72 valence electrons. The lowest BCUT2D eigenvalue weighted by Crippen LogP contribution is -2.30. The zero-order valence-electron chi connectivity index (χ0n) is 8.22. The number of nitrogens with two attached hydrogens (primary N) is 1. The van der Waals surface area contributed by atoms with E-state index in [-0.39, 0.29) is 11.4 Å². The van der Waals surface area contributed by atoms with E-state index < -0.39 is 0 Å². The lowest BCUT2D eigenvalue weighted by atomic mass is 9.82. The van der Waals surface area contributed by atoms with Crippen molar-refractivity contribution in [3.8, 4) is 0 Å². The van der Waals surface area contributed by atoms with Gasteiger partial charge in [-0.1, -0.05) is 20.3 Å². The quantitative estimate of drug-likeness (QED) is 0.638. The van der Waals surface area contributed by atoms with Crippen molar-refractivity contribution in [1.82, 2.24) is 0 Å². The molecule has 3 heteroatoms. The molecule has 0 radical (unpaired) electrons. The third-order valence-corrected chi connectivity index (χ3v) is 2.15. The van der Waals surface area contributed by atoms with Crippen LogP contribution in [0, 0.1) is 5.41 Å². The lowest BCUT2D eigenvalue weighted by molar-refractivity contribution is -0.143. The Bertz CT molecular complexity index is 147. The number of methoxy groups -OCH3 is 1. The van der Waals surface area contributed by atoms with E-state index in [4.69, 9.17) is 5.73 Å². The van der Waals surface area contributed by atoms with Crippen LogP contribution < -0.4 is 5.73 Å². The second-order valence-electron chi connectivity index (χ2n) is 3.52. The summed E-state index contributed by atoms with van der Waals surface area (Å²) >= 11 is 0. The Morgan fingerprint density at radius 1 is 1.58 bits per heavy atom. The van der Waals surface area contributed by atoms with Gasteiger partial charge in [0.15, 0.2) is 0 Å². The number of carbonyl (C=O) groups excluding carboxylic acids is 1. The molecule has 0 aromatic carbocycles. The fraction of sp³-hybridized carbons (Fsp3) is 0.889. The number of rotatable bonds is 5. The zero-order chi connectivity index (χ0) is 9.61. The Labute approximate surface area is 74.3 Å². The van der Waals surface area contributed by atoms with Crippen molar-refractivity contribution in [3.63, 3.8) is 0 Å². The van der Waals surface area contributed by atoms with Crippen LogP contribution in [0.2, 0.25) is 0 Å². The highest BCUT2D eigenvalue weighted by molar-refractivity contribution is 5.70. The molecule has 0 aliphatic heterocycles. The normalized spacial score (nSPS) is 15.3. The molecule has 0 aliphatic rings. The molecule has 1 unspecified atom stereocenters. The minimum absolute atomic E-state index is 0.0815. The summed E-state index contributed by atoms with van der Waals surface area (Å²) in [5.74, 6) is -0.170. The van der Waals surface area contributed by atoms with Crippen LogP contribution in [0.1, 0.15) is 33.1 Å². The summed E-state index contributed by atoms with van der Waals surface area (Å²) < 4.78 is 4.60. The second-order valence-corrected chi connectivity index (χ2v) is 3.52. The maximum absolute atomic E-state index is 11.0. The Morgan fingerprint density at radius 3 is 2.50 bits per heavy atom. The molecule has 0 saturated carbocycles. The van der Waals surface area contributed by atoms with Crippen molar-refractivity contribution in [2.45, 2.75) is 33.1 Å². The molecule has 0 saturated heterocycles. The van der Waals surface area contributed by atoms with Crippen molar-refractivity contribution in [1.29, 1.82) is 0 Å². The maximum Gasteiger partial charge on any atom is 0.306 e. The summed E-state index contributed by atoms with van der Waals surface area (Å²) in [4.78, 5) is 11.0. The topological polar surface area (TPSA) is 52.3 Å². The van der Waals surface area contributed by atoms with Crippen molar-refractivity contribution < 1.29 is 9.53 Å². The molecule has 0 fully saturated rings. The van der Waals surface area contributed by atoms with Crippen LogP contribution in [0.4, 0.5) is 0 Å². The molecule has 0 rings (SSSR count). The smallest absolute Gasteiger partial charge is 0.306 e. The fourth-order valence-electron chi connectivity index (χ4n) is 1.29. The average Bonchev–Trinajstić information content (AvgIpc) is 2.05. The van der Waals surface area contributed by atoms with Gasteiger partial charge in [-0.2, -0.15) is 0 Å². The molecule has 2 N–H and O–H groups in total. The van der Waals surface area contributed by atoms with Crippen molar-refractivity contribution in [3.05, 3.63) is 0 Å². The van der Waals surface area contributed by atoms with E-state index in [0.717, 1.165) is 12.8 Å². The Morgan fingerprint density at radius 2 is 2.17 bits per heavy atom. The molecular weight excluding hydrogens is 154 g/mol. The first-order valence-corrected chi connectivity index (χ1v) is 4.35. The first-order chi connectivity index (χ1) is 5.58. The monoisotopic (exact) mass is 173 g/mol. The minimum Gasteiger partial charge on any atom is -0.469 e. The van der Waals surface area contributed by atoms with E-state index in [2.05, 4.69) is 11.7 Å². The van der Waals surface area contributed by atoms with E-state index in [1.54, 1.807) is 0 Å².